The molecule has 0 aliphatic heterocycles. The molecular weight excluding hydrogens is 347 g/mol. The first kappa shape index (κ1) is 19.8. The molecule has 140 valence electrons. The van der Waals surface area contributed by atoms with E-state index in [1.807, 2.05) is 0 Å². The molecule has 0 aliphatic rings. The molecule has 2 aromatic rings. The van der Waals surface area contributed by atoms with Crippen LogP contribution in [-0.4, -0.2) is 25.3 Å². The van der Waals surface area contributed by atoms with Crippen LogP contribution < -0.4 is 0 Å². The molecule has 0 fully saturated rings. The van der Waals surface area contributed by atoms with Crippen LogP contribution in [0.25, 0.3) is 16.7 Å². The van der Waals surface area contributed by atoms with E-state index in [1.165, 1.54) is 12.1 Å². The fourth-order valence-electron chi connectivity index (χ4n) is 2.30. The Morgan fingerprint density at radius 3 is 2.69 bits per heavy atom. The van der Waals surface area contributed by atoms with Crippen molar-refractivity contribution in [2.75, 3.05) is 20.3 Å². The molecule has 0 bridgehead atoms. The molecule has 1 aromatic heterocycles. The van der Waals surface area contributed by atoms with Crippen LogP contribution in [0.3, 0.4) is 0 Å². The molecule has 0 saturated carbocycles. The molecule has 0 saturated heterocycles. The van der Waals surface area contributed by atoms with Gasteiger partial charge in [0.15, 0.2) is 5.58 Å². The summed E-state index contributed by atoms with van der Waals surface area (Å²) in [7, 11) is 1.60. The van der Waals surface area contributed by atoms with Crippen molar-refractivity contribution in [2.45, 2.75) is 19.5 Å². The Hall–Kier alpha value is -2.54. The minimum absolute atomic E-state index is 0.125. The van der Waals surface area contributed by atoms with E-state index in [4.69, 9.17) is 13.9 Å². The van der Waals surface area contributed by atoms with Gasteiger partial charge in [0.2, 0.25) is 5.89 Å². The van der Waals surface area contributed by atoms with Gasteiger partial charge in [-0.05, 0) is 37.3 Å². The Balaban J connectivity index is 2.34. The largest absolute Gasteiger partial charge is 0.493 e. The minimum Gasteiger partial charge on any atom is -0.493 e. The molecule has 4 nitrogen and oxygen atoms in total. The summed E-state index contributed by atoms with van der Waals surface area (Å²) in [5.41, 5.74) is 0.114. The summed E-state index contributed by atoms with van der Waals surface area (Å²) in [6.07, 6.45) is 1.16. The first-order chi connectivity index (χ1) is 12.4. The summed E-state index contributed by atoms with van der Waals surface area (Å²) >= 11 is 0. The normalized spacial score (nSPS) is 13.3. The number of halogens is 3. The van der Waals surface area contributed by atoms with Gasteiger partial charge in [-0.1, -0.05) is 12.7 Å². The van der Waals surface area contributed by atoms with E-state index in [1.54, 1.807) is 26.2 Å². The van der Waals surface area contributed by atoms with E-state index in [0.29, 0.717) is 31.0 Å². The van der Waals surface area contributed by atoms with Crippen molar-refractivity contribution in [1.29, 1.82) is 0 Å². The standard InChI is InChI=1S/C19H20F3NO3/c1-4-7-14(16(5-2)25-11-6-10-24-3)18-23-15-12-13(19(20,21)22)8-9-17(15)26-18/h4-5,7-9,12H,1,6,10-11H2,2-3H3/b14-7+,16-5+. The van der Waals surface area contributed by atoms with Crippen LogP contribution in [0, 0.1) is 0 Å². The van der Waals surface area contributed by atoms with Crippen molar-refractivity contribution in [3.05, 3.63) is 60.2 Å². The summed E-state index contributed by atoms with van der Waals surface area (Å²) in [6.45, 7) is 6.41. The van der Waals surface area contributed by atoms with Crippen LogP contribution in [0.4, 0.5) is 13.2 Å². The van der Waals surface area contributed by atoms with Gasteiger partial charge in [-0.25, -0.2) is 4.98 Å². The van der Waals surface area contributed by atoms with Gasteiger partial charge < -0.3 is 13.9 Å². The molecule has 1 aromatic carbocycles. The lowest BCUT2D eigenvalue weighted by Crippen LogP contribution is -2.04. The highest BCUT2D eigenvalue weighted by Gasteiger charge is 2.31. The van der Waals surface area contributed by atoms with Gasteiger partial charge in [0.1, 0.15) is 11.3 Å². The molecular formula is C19H20F3NO3. The van der Waals surface area contributed by atoms with E-state index < -0.39 is 11.7 Å². The highest BCUT2D eigenvalue weighted by atomic mass is 19.4. The summed E-state index contributed by atoms with van der Waals surface area (Å²) in [5.74, 6) is 0.669. The van der Waals surface area contributed by atoms with Crippen LogP contribution in [0.15, 0.2) is 53.2 Å². The highest BCUT2D eigenvalue weighted by molar-refractivity contribution is 5.80. The fraction of sp³-hybridized carbons (Fsp3) is 0.316. The second kappa shape index (κ2) is 8.71. The minimum atomic E-state index is -4.44. The van der Waals surface area contributed by atoms with Crippen molar-refractivity contribution in [2.24, 2.45) is 0 Å². The van der Waals surface area contributed by atoms with Gasteiger partial charge in [0.05, 0.1) is 17.7 Å². The van der Waals surface area contributed by atoms with Gasteiger partial charge in [0, 0.05) is 20.1 Å². The smallest absolute Gasteiger partial charge is 0.416 e. The molecule has 0 radical (unpaired) electrons. The van der Waals surface area contributed by atoms with E-state index in [0.717, 1.165) is 12.1 Å². The maximum absolute atomic E-state index is 12.9. The van der Waals surface area contributed by atoms with Crippen LogP contribution >= 0.6 is 0 Å². The number of hydrogen-bond donors (Lipinski definition) is 0. The zero-order valence-electron chi connectivity index (χ0n) is 14.6. The third-order valence-corrected chi connectivity index (χ3v) is 3.51. The second-order valence-corrected chi connectivity index (χ2v) is 5.36. The Kier molecular flexibility index (Phi) is 6.63. The third-order valence-electron chi connectivity index (χ3n) is 3.51. The first-order valence-electron chi connectivity index (χ1n) is 8.00. The molecule has 0 aliphatic carbocycles. The number of benzene rings is 1. The average Bonchev–Trinajstić information content (AvgIpc) is 3.02. The number of alkyl halides is 3. The van der Waals surface area contributed by atoms with Gasteiger partial charge >= 0.3 is 6.18 Å². The summed E-state index contributed by atoms with van der Waals surface area (Å²) in [6, 6.07) is 3.18. The predicted octanol–water partition coefficient (Wildman–Crippen LogP) is 5.37. The van der Waals surface area contributed by atoms with E-state index >= 15 is 0 Å². The first-order valence-corrected chi connectivity index (χ1v) is 8.00. The second-order valence-electron chi connectivity index (χ2n) is 5.36. The summed E-state index contributed by atoms with van der Waals surface area (Å²) in [5, 5.41) is 0. The van der Waals surface area contributed by atoms with Crippen molar-refractivity contribution >= 4 is 16.7 Å². The monoisotopic (exact) mass is 367 g/mol. The Morgan fingerprint density at radius 1 is 1.31 bits per heavy atom. The third kappa shape index (κ3) is 4.76. The number of hydrogen-bond acceptors (Lipinski definition) is 4. The van der Waals surface area contributed by atoms with Crippen LogP contribution in [0.1, 0.15) is 24.8 Å². The van der Waals surface area contributed by atoms with Gasteiger partial charge in [-0.2, -0.15) is 13.2 Å². The van der Waals surface area contributed by atoms with Crippen molar-refractivity contribution < 1.29 is 27.1 Å². The zero-order valence-corrected chi connectivity index (χ0v) is 14.6. The van der Waals surface area contributed by atoms with Crippen molar-refractivity contribution in [1.82, 2.24) is 4.98 Å². The molecule has 1 heterocycles. The number of allylic oxidation sites excluding steroid dienone is 4. The SMILES string of the molecule is C=C/C=C(\C(=C/C)OCCCOC)c1nc2cc(C(F)(F)F)ccc2o1. The molecule has 2 rings (SSSR count). The number of oxazole rings is 1. The molecule has 26 heavy (non-hydrogen) atoms. The maximum Gasteiger partial charge on any atom is 0.416 e. The molecule has 0 unspecified atom stereocenters. The Morgan fingerprint density at radius 2 is 2.08 bits per heavy atom. The van der Waals surface area contributed by atoms with Crippen LogP contribution in [-0.2, 0) is 15.7 Å². The fourth-order valence-corrected chi connectivity index (χ4v) is 2.30. The number of methoxy groups -OCH3 is 1. The lowest BCUT2D eigenvalue weighted by molar-refractivity contribution is -0.137. The van der Waals surface area contributed by atoms with Crippen LogP contribution in [0.5, 0.6) is 0 Å². The zero-order chi connectivity index (χ0) is 19.2. The number of nitrogens with zero attached hydrogens (tertiary/aromatic N) is 1. The lowest BCUT2D eigenvalue weighted by atomic mass is 10.2. The summed E-state index contributed by atoms with van der Waals surface area (Å²) < 4.78 is 54.9. The maximum atomic E-state index is 12.9. The molecule has 0 spiro atoms. The topological polar surface area (TPSA) is 44.5 Å². The summed E-state index contributed by atoms with van der Waals surface area (Å²) in [4.78, 5) is 4.19. The number of aromatic nitrogens is 1. The van der Waals surface area contributed by atoms with E-state index in [2.05, 4.69) is 11.6 Å². The molecule has 7 heteroatoms. The number of rotatable bonds is 8. The van der Waals surface area contributed by atoms with E-state index in [-0.39, 0.29) is 17.0 Å². The van der Waals surface area contributed by atoms with Gasteiger partial charge in [-0.15, -0.1) is 0 Å². The number of ether oxygens (including phenoxy) is 2. The van der Waals surface area contributed by atoms with Crippen molar-refractivity contribution in [3.63, 3.8) is 0 Å². The molecule has 0 N–H and O–H groups in total. The van der Waals surface area contributed by atoms with Gasteiger partial charge in [0.25, 0.3) is 0 Å². The van der Waals surface area contributed by atoms with E-state index in [9.17, 15) is 13.2 Å². The van der Waals surface area contributed by atoms with Gasteiger partial charge in [-0.3, -0.25) is 0 Å². The highest BCUT2D eigenvalue weighted by Crippen LogP contribution is 2.33. The van der Waals surface area contributed by atoms with Crippen LogP contribution in [0.2, 0.25) is 0 Å². The van der Waals surface area contributed by atoms with Crippen molar-refractivity contribution in [3.8, 4) is 0 Å². The molecule has 0 atom stereocenters. The lowest BCUT2D eigenvalue weighted by Gasteiger charge is -2.11. The quantitative estimate of drug-likeness (QED) is 0.357. The Labute approximate surface area is 149 Å². The average molecular weight is 367 g/mol. The Bertz CT molecular complexity index is 819. The predicted molar refractivity (Wildman–Crippen MR) is 93.4 cm³/mol. The number of fused-ring (bicyclic) bond motifs is 1. The molecule has 0 amide bonds.